The third kappa shape index (κ3) is 3.17. The van der Waals surface area contributed by atoms with Crippen LogP contribution in [0.1, 0.15) is 77.2 Å². The summed E-state index contributed by atoms with van der Waals surface area (Å²) in [7, 11) is 0. The monoisotopic (exact) mass is 406 g/mol. The molecule has 2 saturated carbocycles. The van der Waals surface area contributed by atoms with E-state index in [1.54, 1.807) is 5.57 Å². The zero-order valence-electron chi connectivity index (χ0n) is 18.5. The molecule has 1 aromatic rings. The Hall–Kier alpha value is -1.87. The molecular formula is C27H34O3. The zero-order valence-corrected chi connectivity index (χ0v) is 18.5. The van der Waals surface area contributed by atoms with Gasteiger partial charge in [0.25, 0.3) is 0 Å². The van der Waals surface area contributed by atoms with E-state index in [4.69, 9.17) is 4.74 Å². The molecule has 0 aromatic heterocycles. The number of fused-ring (bicyclic) bond motifs is 4. The quantitative estimate of drug-likeness (QED) is 0.697. The van der Waals surface area contributed by atoms with Crippen LogP contribution in [-0.2, 0) is 4.79 Å². The van der Waals surface area contributed by atoms with E-state index in [1.165, 1.54) is 16.7 Å². The first-order valence-electron chi connectivity index (χ1n) is 11.8. The van der Waals surface area contributed by atoms with E-state index in [-0.39, 0.29) is 23.4 Å². The van der Waals surface area contributed by atoms with Crippen LogP contribution < -0.4 is 4.74 Å². The van der Waals surface area contributed by atoms with Crippen molar-refractivity contribution in [3.05, 3.63) is 52.6 Å². The molecule has 1 aromatic carbocycles. The van der Waals surface area contributed by atoms with Crippen molar-refractivity contribution in [1.82, 2.24) is 0 Å². The molecule has 4 aliphatic carbocycles. The van der Waals surface area contributed by atoms with Gasteiger partial charge in [-0.25, -0.2) is 0 Å². The number of ether oxygens (including phenoxy) is 1. The van der Waals surface area contributed by atoms with Crippen LogP contribution in [0.5, 0.6) is 5.75 Å². The summed E-state index contributed by atoms with van der Waals surface area (Å²) in [6.07, 6.45) is 8.63. The van der Waals surface area contributed by atoms with E-state index in [9.17, 15) is 9.90 Å². The molecule has 5 rings (SSSR count). The Kier molecular flexibility index (Phi) is 4.93. The molecule has 0 saturated heterocycles. The minimum absolute atomic E-state index is 0.0157. The van der Waals surface area contributed by atoms with Gasteiger partial charge in [-0.3, -0.25) is 4.79 Å². The highest BCUT2D eigenvalue weighted by atomic mass is 16.5. The Morgan fingerprint density at radius 2 is 1.83 bits per heavy atom. The highest BCUT2D eigenvalue weighted by molar-refractivity contribution is 5.93. The summed E-state index contributed by atoms with van der Waals surface area (Å²) in [5.74, 6) is 2.63. The normalized spacial score (nSPS) is 35.6. The van der Waals surface area contributed by atoms with E-state index in [0.717, 1.165) is 44.3 Å². The molecule has 30 heavy (non-hydrogen) atoms. The average Bonchev–Trinajstić information content (AvgIpc) is 3.01. The van der Waals surface area contributed by atoms with Gasteiger partial charge in [-0.05, 0) is 105 Å². The zero-order chi connectivity index (χ0) is 21.0. The lowest BCUT2D eigenvalue weighted by Crippen LogP contribution is -2.45. The number of carbonyl (C=O) groups excluding carboxylic acids is 1. The second kappa shape index (κ2) is 7.37. The topological polar surface area (TPSA) is 46.5 Å². The summed E-state index contributed by atoms with van der Waals surface area (Å²) in [5, 5.41) is 11.0. The van der Waals surface area contributed by atoms with Crippen LogP contribution in [0, 0.1) is 17.3 Å². The third-order valence-electron chi connectivity index (χ3n) is 8.34. The minimum atomic E-state index is -0.204. The smallest absolute Gasteiger partial charge is 0.156 e. The van der Waals surface area contributed by atoms with Gasteiger partial charge < -0.3 is 9.84 Å². The van der Waals surface area contributed by atoms with Gasteiger partial charge in [0.15, 0.2) is 5.78 Å². The Bertz CT molecular complexity index is 907. The van der Waals surface area contributed by atoms with E-state index >= 15 is 0 Å². The number of ketones is 1. The summed E-state index contributed by atoms with van der Waals surface area (Å²) in [6.45, 7) is 6.43. The van der Waals surface area contributed by atoms with Crippen molar-refractivity contribution in [1.29, 1.82) is 0 Å². The molecule has 1 N–H and O–H groups in total. The van der Waals surface area contributed by atoms with Gasteiger partial charge in [0, 0.05) is 12.3 Å². The van der Waals surface area contributed by atoms with E-state index < -0.39 is 0 Å². The van der Waals surface area contributed by atoms with Crippen LogP contribution in [0.3, 0.4) is 0 Å². The first-order valence-corrected chi connectivity index (χ1v) is 11.8. The Morgan fingerprint density at radius 3 is 2.57 bits per heavy atom. The molecule has 0 spiro atoms. The summed E-state index contributed by atoms with van der Waals surface area (Å²) in [5.41, 5.74) is 5.67. The average molecular weight is 407 g/mol. The molecule has 3 nitrogen and oxygen atoms in total. The van der Waals surface area contributed by atoms with Crippen molar-refractivity contribution in [3.8, 4) is 5.75 Å². The summed E-state index contributed by atoms with van der Waals surface area (Å²) < 4.78 is 5.87. The molecule has 5 unspecified atom stereocenters. The first-order chi connectivity index (χ1) is 14.4. The summed E-state index contributed by atoms with van der Waals surface area (Å²) in [6, 6.07) is 8.64. The van der Waals surface area contributed by atoms with Gasteiger partial charge in [0.1, 0.15) is 5.75 Å². The molecule has 5 atom stereocenters. The van der Waals surface area contributed by atoms with Crippen LogP contribution in [0.25, 0.3) is 0 Å². The Balaban J connectivity index is 1.60. The fourth-order valence-electron chi connectivity index (χ4n) is 6.98. The van der Waals surface area contributed by atoms with Crippen LogP contribution >= 0.6 is 0 Å². The van der Waals surface area contributed by atoms with Crippen LogP contribution in [0.15, 0.2) is 47.1 Å². The first kappa shape index (κ1) is 20.1. The van der Waals surface area contributed by atoms with Crippen LogP contribution in [0.2, 0.25) is 0 Å². The molecular weight excluding hydrogens is 372 g/mol. The molecule has 0 amide bonds. The fourth-order valence-corrected chi connectivity index (χ4v) is 6.98. The van der Waals surface area contributed by atoms with Crippen molar-refractivity contribution < 1.29 is 14.6 Å². The number of hydrogen-bond donors (Lipinski definition) is 1. The third-order valence-corrected chi connectivity index (χ3v) is 8.34. The number of allylic oxidation sites excluding steroid dienone is 4. The lowest BCUT2D eigenvalue weighted by atomic mass is 9.53. The van der Waals surface area contributed by atoms with E-state index in [2.05, 4.69) is 45.0 Å². The van der Waals surface area contributed by atoms with Gasteiger partial charge in [-0.15, -0.1) is 0 Å². The molecule has 0 radical (unpaired) electrons. The Morgan fingerprint density at radius 1 is 1.07 bits per heavy atom. The SMILES string of the molecule is CC(C)Oc1ccc(C2CC3(C)C(O)CCC3C3CCC4=CC(=O)CCC4=C23)cc1. The highest BCUT2D eigenvalue weighted by Crippen LogP contribution is 2.63. The number of rotatable bonds is 3. The molecule has 0 heterocycles. The second-order valence-corrected chi connectivity index (χ2v) is 10.4. The van der Waals surface area contributed by atoms with Gasteiger partial charge in [-0.1, -0.05) is 24.6 Å². The van der Waals surface area contributed by atoms with Crippen LogP contribution in [0.4, 0.5) is 0 Å². The van der Waals surface area contributed by atoms with E-state index in [1.807, 2.05) is 6.08 Å². The molecule has 3 heteroatoms. The number of carbonyl (C=O) groups is 1. The van der Waals surface area contributed by atoms with Gasteiger partial charge in [-0.2, -0.15) is 0 Å². The maximum absolute atomic E-state index is 12.1. The predicted molar refractivity (Wildman–Crippen MR) is 118 cm³/mol. The van der Waals surface area contributed by atoms with Crippen molar-refractivity contribution >= 4 is 5.78 Å². The lowest BCUT2D eigenvalue weighted by Gasteiger charge is -2.52. The van der Waals surface area contributed by atoms with Gasteiger partial charge >= 0.3 is 0 Å². The lowest BCUT2D eigenvalue weighted by molar-refractivity contribution is -0.114. The van der Waals surface area contributed by atoms with Crippen LogP contribution in [-0.4, -0.2) is 23.1 Å². The number of benzene rings is 1. The Labute approximate surface area is 180 Å². The van der Waals surface area contributed by atoms with Crippen molar-refractivity contribution in [2.45, 2.75) is 83.8 Å². The van der Waals surface area contributed by atoms with Crippen molar-refractivity contribution in [3.63, 3.8) is 0 Å². The molecule has 0 aliphatic heterocycles. The fraction of sp³-hybridized carbons (Fsp3) is 0.593. The highest BCUT2D eigenvalue weighted by Gasteiger charge is 2.56. The maximum Gasteiger partial charge on any atom is 0.156 e. The van der Waals surface area contributed by atoms with Crippen molar-refractivity contribution in [2.75, 3.05) is 0 Å². The molecule has 0 bridgehead atoms. The minimum Gasteiger partial charge on any atom is -0.491 e. The van der Waals surface area contributed by atoms with Crippen molar-refractivity contribution in [2.24, 2.45) is 17.3 Å². The molecule has 2 fully saturated rings. The largest absolute Gasteiger partial charge is 0.491 e. The van der Waals surface area contributed by atoms with E-state index in [0.29, 0.717) is 24.2 Å². The molecule has 4 aliphatic rings. The predicted octanol–water partition coefficient (Wildman–Crippen LogP) is 5.73. The standard InChI is InChI=1S/C27H34O3/c1-16(2)30-20-8-4-17(5-9-20)23-15-27(3)24(12-13-25(27)29)22-10-6-18-14-19(28)7-11-21(18)26(22)23/h4-5,8-9,14,16,22-25,29H,6-7,10-13,15H2,1-3H3. The number of hydrogen-bond acceptors (Lipinski definition) is 3. The van der Waals surface area contributed by atoms with Gasteiger partial charge in [0.05, 0.1) is 12.2 Å². The number of aliphatic hydroxyl groups is 1. The maximum atomic E-state index is 12.1. The summed E-state index contributed by atoms with van der Waals surface area (Å²) >= 11 is 0. The van der Waals surface area contributed by atoms with Gasteiger partial charge in [0.2, 0.25) is 0 Å². The molecule has 160 valence electrons. The summed E-state index contributed by atoms with van der Waals surface area (Å²) in [4.78, 5) is 12.1. The second-order valence-electron chi connectivity index (χ2n) is 10.4. The number of aliphatic hydroxyl groups excluding tert-OH is 1.